The van der Waals surface area contributed by atoms with E-state index in [9.17, 15) is 0 Å². The number of aliphatic imine (C=N–C) groups is 1. The van der Waals surface area contributed by atoms with E-state index < -0.39 is 0 Å². The molecule has 0 spiro atoms. The van der Waals surface area contributed by atoms with Crippen LogP contribution in [-0.2, 0) is 20.0 Å². The Morgan fingerprint density at radius 2 is 1.90 bits per heavy atom. The Morgan fingerprint density at radius 3 is 2.59 bits per heavy atom. The normalized spacial score (nSPS) is 20.1. The molecular weight excluding hydrogens is 475 g/mol. The highest BCUT2D eigenvalue weighted by atomic mass is 127. The van der Waals surface area contributed by atoms with Crippen LogP contribution in [0.15, 0.2) is 35.3 Å². The van der Waals surface area contributed by atoms with E-state index in [0.717, 1.165) is 37.1 Å². The lowest BCUT2D eigenvalue weighted by Crippen LogP contribution is -2.44. The summed E-state index contributed by atoms with van der Waals surface area (Å²) < 4.78 is 2.03. The first-order valence-electron chi connectivity index (χ1n) is 10.6. The first-order valence-corrected chi connectivity index (χ1v) is 10.6. The predicted molar refractivity (Wildman–Crippen MR) is 128 cm³/mol. The molecule has 2 fully saturated rings. The molecule has 7 heteroatoms. The zero-order chi connectivity index (χ0) is 19.3. The van der Waals surface area contributed by atoms with Crippen molar-refractivity contribution in [2.24, 2.45) is 18.0 Å². The van der Waals surface area contributed by atoms with Crippen LogP contribution >= 0.6 is 24.0 Å². The van der Waals surface area contributed by atoms with Gasteiger partial charge in [-0.05, 0) is 44.1 Å². The topological polar surface area (TPSA) is 58.3 Å². The number of guanidine groups is 1. The second kappa shape index (κ2) is 10.4. The van der Waals surface area contributed by atoms with Crippen molar-refractivity contribution in [2.45, 2.75) is 58.0 Å². The van der Waals surface area contributed by atoms with Crippen molar-refractivity contribution < 1.29 is 0 Å². The number of halogens is 1. The number of aromatic nitrogens is 3. The fraction of sp³-hybridized carbons (Fsp3) is 0.591. The first kappa shape index (κ1) is 22.1. The number of nitrogens with one attached hydrogen (secondary N) is 1. The van der Waals surface area contributed by atoms with E-state index in [1.165, 1.54) is 37.7 Å². The predicted octanol–water partition coefficient (Wildman–Crippen LogP) is 3.69. The summed E-state index contributed by atoms with van der Waals surface area (Å²) in [5, 5.41) is 12.2. The van der Waals surface area contributed by atoms with Gasteiger partial charge in [0.1, 0.15) is 12.4 Å². The molecule has 158 valence electrons. The molecule has 1 N–H and O–H groups in total. The van der Waals surface area contributed by atoms with Crippen LogP contribution < -0.4 is 5.32 Å². The van der Waals surface area contributed by atoms with Crippen LogP contribution in [0, 0.1) is 12.8 Å². The Bertz CT molecular complexity index is 797. The van der Waals surface area contributed by atoms with E-state index >= 15 is 0 Å². The van der Waals surface area contributed by atoms with Gasteiger partial charge in [0, 0.05) is 26.2 Å². The summed E-state index contributed by atoms with van der Waals surface area (Å²) in [7, 11) is 2.01. The quantitative estimate of drug-likeness (QED) is 0.380. The monoisotopic (exact) mass is 508 g/mol. The number of nitrogens with zero attached hydrogens (tertiary/aromatic N) is 5. The lowest BCUT2D eigenvalue weighted by atomic mass is 9.99. The number of likely N-dealkylation sites (tertiary alicyclic amines) is 1. The fourth-order valence-electron chi connectivity index (χ4n) is 4.36. The Kier molecular flexibility index (Phi) is 7.91. The fourth-order valence-corrected chi connectivity index (χ4v) is 4.36. The zero-order valence-electron chi connectivity index (χ0n) is 17.5. The standard InChI is InChI=1S/C22H32N6.HI/c1-17-25-26-21(27(17)2)15-23-22(24-20-10-6-7-11-20)28-13-12-19(16-28)14-18-8-4-3-5-9-18;/h3-5,8-9,19-20H,6-7,10-16H2,1-2H3,(H,23,24);1H. The molecule has 1 saturated heterocycles. The van der Waals surface area contributed by atoms with Gasteiger partial charge in [0.2, 0.25) is 0 Å². The van der Waals surface area contributed by atoms with Gasteiger partial charge in [-0.15, -0.1) is 34.2 Å². The maximum absolute atomic E-state index is 4.96. The van der Waals surface area contributed by atoms with Crippen LogP contribution in [0.4, 0.5) is 0 Å². The zero-order valence-corrected chi connectivity index (χ0v) is 19.9. The smallest absolute Gasteiger partial charge is 0.194 e. The minimum atomic E-state index is 0. The van der Waals surface area contributed by atoms with Gasteiger partial charge in [-0.1, -0.05) is 43.2 Å². The van der Waals surface area contributed by atoms with Gasteiger partial charge in [-0.3, -0.25) is 0 Å². The van der Waals surface area contributed by atoms with E-state index in [-0.39, 0.29) is 24.0 Å². The highest BCUT2D eigenvalue weighted by molar-refractivity contribution is 14.0. The van der Waals surface area contributed by atoms with Crippen molar-refractivity contribution >= 4 is 29.9 Å². The highest BCUT2D eigenvalue weighted by Crippen LogP contribution is 2.23. The summed E-state index contributed by atoms with van der Waals surface area (Å²) in [6, 6.07) is 11.4. The largest absolute Gasteiger partial charge is 0.353 e. The van der Waals surface area contributed by atoms with E-state index in [1.54, 1.807) is 0 Å². The van der Waals surface area contributed by atoms with Crippen molar-refractivity contribution in [3.63, 3.8) is 0 Å². The highest BCUT2D eigenvalue weighted by Gasteiger charge is 2.27. The SMILES string of the molecule is Cc1nnc(CN=C(NC2CCCC2)N2CCC(Cc3ccccc3)C2)n1C.I. The van der Waals surface area contributed by atoms with Gasteiger partial charge in [-0.2, -0.15) is 0 Å². The molecule has 1 aliphatic carbocycles. The van der Waals surface area contributed by atoms with Gasteiger partial charge >= 0.3 is 0 Å². The molecule has 4 rings (SSSR count). The number of aryl methyl sites for hydroxylation is 1. The van der Waals surface area contributed by atoms with Crippen LogP contribution in [0.25, 0.3) is 0 Å². The van der Waals surface area contributed by atoms with Crippen molar-refractivity contribution in [3.8, 4) is 0 Å². The van der Waals surface area contributed by atoms with Crippen molar-refractivity contribution in [2.75, 3.05) is 13.1 Å². The third-order valence-corrected chi connectivity index (χ3v) is 6.19. The van der Waals surface area contributed by atoms with Crippen molar-refractivity contribution in [3.05, 3.63) is 47.5 Å². The van der Waals surface area contributed by atoms with Gasteiger partial charge in [-0.25, -0.2) is 4.99 Å². The van der Waals surface area contributed by atoms with Gasteiger partial charge < -0.3 is 14.8 Å². The Balaban J connectivity index is 0.00000240. The molecule has 1 aromatic carbocycles. The van der Waals surface area contributed by atoms with E-state index in [1.807, 2.05) is 18.5 Å². The molecule has 0 bridgehead atoms. The average Bonchev–Trinajstić information content (AvgIpc) is 3.44. The maximum Gasteiger partial charge on any atom is 0.194 e. The minimum Gasteiger partial charge on any atom is -0.353 e. The second-order valence-electron chi connectivity index (χ2n) is 8.28. The summed E-state index contributed by atoms with van der Waals surface area (Å²) in [5.74, 6) is 3.60. The Morgan fingerprint density at radius 1 is 1.14 bits per heavy atom. The molecular formula is C22H33IN6. The number of benzene rings is 1. The van der Waals surface area contributed by atoms with Crippen LogP contribution in [0.2, 0.25) is 0 Å². The molecule has 1 unspecified atom stereocenters. The summed E-state index contributed by atoms with van der Waals surface area (Å²) in [6.07, 6.45) is 7.53. The lowest BCUT2D eigenvalue weighted by Gasteiger charge is -2.25. The van der Waals surface area contributed by atoms with Gasteiger partial charge in [0.15, 0.2) is 11.8 Å². The lowest BCUT2D eigenvalue weighted by molar-refractivity contribution is 0.444. The van der Waals surface area contributed by atoms with Gasteiger partial charge in [0.25, 0.3) is 0 Å². The van der Waals surface area contributed by atoms with Gasteiger partial charge in [0.05, 0.1) is 0 Å². The van der Waals surface area contributed by atoms with Crippen LogP contribution in [0.3, 0.4) is 0 Å². The Labute approximate surface area is 191 Å². The molecule has 2 aromatic rings. The summed E-state index contributed by atoms with van der Waals surface area (Å²) in [6.45, 7) is 4.71. The average molecular weight is 508 g/mol. The summed E-state index contributed by atoms with van der Waals surface area (Å²) in [4.78, 5) is 7.42. The van der Waals surface area contributed by atoms with E-state index in [4.69, 9.17) is 4.99 Å². The van der Waals surface area contributed by atoms with Crippen LogP contribution in [0.1, 0.15) is 49.3 Å². The van der Waals surface area contributed by atoms with E-state index in [2.05, 4.69) is 50.7 Å². The number of hydrogen-bond donors (Lipinski definition) is 1. The number of rotatable bonds is 5. The van der Waals surface area contributed by atoms with Crippen molar-refractivity contribution in [1.29, 1.82) is 0 Å². The van der Waals surface area contributed by atoms with E-state index in [0.29, 0.717) is 18.5 Å². The molecule has 6 nitrogen and oxygen atoms in total. The Hall–Kier alpha value is -1.64. The maximum atomic E-state index is 4.96. The molecule has 0 amide bonds. The molecule has 29 heavy (non-hydrogen) atoms. The molecule has 1 saturated carbocycles. The van der Waals surface area contributed by atoms with Crippen LogP contribution in [0.5, 0.6) is 0 Å². The van der Waals surface area contributed by atoms with Crippen LogP contribution in [-0.4, -0.2) is 44.8 Å². The third-order valence-electron chi connectivity index (χ3n) is 6.19. The minimum absolute atomic E-state index is 0. The molecule has 2 heterocycles. The first-order chi connectivity index (χ1) is 13.7. The molecule has 1 aliphatic heterocycles. The molecule has 2 aliphatic rings. The number of hydrogen-bond acceptors (Lipinski definition) is 3. The molecule has 1 aromatic heterocycles. The third kappa shape index (κ3) is 5.71. The molecule has 1 atom stereocenters. The summed E-state index contributed by atoms with van der Waals surface area (Å²) >= 11 is 0. The second-order valence-corrected chi connectivity index (χ2v) is 8.28. The summed E-state index contributed by atoms with van der Waals surface area (Å²) in [5.41, 5.74) is 1.44. The molecule has 0 radical (unpaired) electrons. The van der Waals surface area contributed by atoms with Crippen molar-refractivity contribution in [1.82, 2.24) is 25.0 Å².